The van der Waals surface area contributed by atoms with Crippen LogP contribution in [0.1, 0.15) is 18.0 Å². The van der Waals surface area contributed by atoms with Gasteiger partial charge in [-0.05, 0) is 25.1 Å². The van der Waals surface area contributed by atoms with Gasteiger partial charge >= 0.3 is 0 Å². The number of hydrogen-bond acceptors (Lipinski definition) is 1. The summed E-state index contributed by atoms with van der Waals surface area (Å²) in [4.78, 5) is 0. The molecule has 4 heteroatoms. The van der Waals surface area contributed by atoms with Gasteiger partial charge in [0, 0.05) is 11.6 Å². The molecule has 72 valence electrons. The van der Waals surface area contributed by atoms with Crippen LogP contribution in [0.25, 0.3) is 0 Å². The van der Waals surface area contributed by atoms with Gasteiger partial charge < -0.3 is 5.32 Å². The van der Waals surface area contributed by atoms with Crippen molar-refractivity contribution >= 4 is 12.4 Å². The lowest BCUT2D eigenvalue weighted by molar-refractivity contribution is 0.356. The van der Waals surface area contributed by atoms with Crippen molar-refractivity contribution in [3.8, 4) is 0 Å². The summed E-state index contributed by atoms with van der Waals surface area (Å²) in [7, 11) is 0. The molecular weight excluding hydrogens is 196 g/mol. The fraction of sp³-hybridized carbons (Fsp3) is 0.333. The van der Waals surface area contributed by atoms with Crippen molar-refractivity contribution in [1.82, 2.24) is 5.32 Å². The van der Waals surface area contributed by atoms with Crippen LogP contribution >= 0.6 is 12.4 Å². The van der Waals surface area contributed by atoms with Crippen LogP contribution in [0.15, 0.2) is 18.2 Å². The van der Waals surface area contributed by atoms with Gasteiger partial charge in [-0.15, -0.1) is 12.4 Å². The minimum Gasteiger partial charge on any atom is -0.310 e. The summed E-state index contributed by atoms with van der Waals surface area (Å²) in [5.74, 6) is -0.903. The van der Waals surface area contributed by atoms with Crippen LogP contribution in [0.4, 0.5) is 8.78 Å². The normalized spacial score (nSPS) is 20.3. The molecule has 0 radical (unpaired) electrons. The summed E-state index contributed by atoms with van der Waals surface area (Å²) in [6, 6.07) is 3.84. The van der Waals surface area contributed by atoms with Crippen molar-refractivity contribution in [2.45, 2.75) is 12.5 Å². The second kappa shape index (κ2) is 4.03. The monoisotopic (exact) mass is 205 g/mol. The highest BCUT2D eigenvalue weighted by Crippen LogP contribution is 2.27. The molecule has 1 unspecified atom stereocenters. The fourth-order valence-corrected chi connectivity index (χ4v) is 1.38. The van der Waals surface area contributed by atoms with Gasteiger partial charge in [-0.1, -0.05) is 6.07 Å². The molecule has 0 aromatic heterocycles. The molecule has 0 saturated carbocycles. The van der Waals surface area contributed by atoms with Crippen LogP contribution in [0, 0.1) is 11.6 Å². The third-order valence-corrected chi connectivity index (χ3v) is 2.17. The van der Waals surface area contributed by atoms with Crippen molar-refractivity contribution in [2.24, 2.45) is 0 Å². The molecule has 13 heavy (non-hydrogen) atoms. The molecule has 1 saturated heterocycles. The quantitative estimate of drug-likeness (QED) is 0.743. The molecule has 1 aromatic carbocycles. The molecule has 1 heterocycles. The van der Waals surface area contributed by atoms with Crippen molar-refractivity contribution in [1.29, 1.82) is 0 Å². The average molecular weight is 206 g/mol. The van der Waals surface area contributed by atoms with Crippen LogP contribution in [-0.4, -0.2) is 6.54 Å². The molecule has 1 fully saturated rings. The van der Waals surface area contributed by atoms with E-state index >= 15 is 0 Å². The topological polar surface area (TPSA) is 12.0 Å². The minimum atomic E-state index is -0.452. The third kappa shape index (κ3) is 1.81. The van der Waals surface area contributed by atoms with E-state index in [1.807, 2.05) is 0 Å². The smallest absolute Gasteiger partial charge is 0.130 e. The molecule has 1 N–H and O–H groups in total. The fourth-order valence-electron chi connectivity index (χ4n) is 1.38. The predicted octanol–water partition coefficient (Wildman–Crippen LogP) is 2.42. The second-order valence-electron chi connectivity index (χ2n) is 2.93. The first-order valence-corrected chi connectivity index (χ1v) is 3.96. The van der Waals surface area contributed by atoms with E-state index in [0.717, 1.165) is 13.0 Å². The number of rotatable bonds is 1. The summed E-state index contributed by atoms with van der Waals surface area (Å²) >= 11 is 0. The van der Waals surface area contributed by atoms with Gasteiger partial charge in [0.25, 0.3) is 0 Å². The van der Waals surface area contributed by atoms with E-state index in [4.69, 9.17) is 0 Å². The summed E-state index contributed by atoms with van der Waals surface area (Å²) in [6.07, 6.45) is 0.817. The standard InChI is InChI=1S/C9H9F2N.ClH/c10-6-2-1-3-7(11)9(6)8-4-5-12-8;/h1-3,8,12H,4-5H2;1H. The van der Waals surface area contributed by atoms with Gasteiger partial charge in [0.05, 0.1) is 0 Å². The summed E-state index contributed by atoms with van der Waals surface area (Å²) in [5.41, 5.74) is 0.184. The van der Waals surface area contributed by atoms with E-state index in [1.165, 1.54) is 18.2 Å². The van der Waals surface area contributed by atoms with Crippen molar-refractivity contribution in [3.05, 3.63) is 35.4 Å². The second-order valence-corrected chi connectivity index (χ2v) is 2.93. The molecule has 2 rings (SSSR count). The van der Waals surface area contributed by atoms with Crippen LogP contribution in [-0.2, 0) is 0 Å². The molecule has 1 aliphatic heterocycles. The molecule has 1 aromatic rings. The maximum Gasteiger partial charge on any atom is 0.130 e. The van der Waals surface area contributed by atoms with Crippen LogP contribution in [0.3, 0.4) is 0 Å². The SMILES string of the molecule is Cl.Fc1cccc(F)c1C1CCN1. The lowest BCUT2D eigenvalue weighted by atomic mass is 9.97. The van der Waals surface area contributed by atoms with E-state index in [2.05, 4.69) is 5.32 Å². The largest absolute Gasteiger partial charge is 0.310 e. The average Bonchev–Trinajstić information content (AvgIpc) is 1.93. The van der Waals surface area contributed by atoms with Crippen molar-refractivity contribution in [3.63, 3.8) is 0 Å². The molecule has 0 bridgehead atoms. The Kier molecular flexibility index (Phi) is 3.22. The van der Waals surface area contributed by atoms with Gasteiger partial charge in [0.15, 0.2) is 0 Å². The number of benzene rings is 1. The molecule has 0 aliphatic carbocycles. The highest BCUT2D eigenvalue weighted by atomic mass is 35.5. The zero-order valence-corrected chi connectivity index (χ0v) is 7.70. The maximum absolute atomic E-state index is 13.0. The maximum atomic E-state index is 13.0. The minimum absolute atomic E-state index is 0. The van der Waals surface area contributed by atoms with Gasteiger partial charge in [-0.2, -0.15) is 0 Å². The molecular formula is C9H10ClF2N. The zero-order valence-electron chi connectivity index (χ0n) is 6.89. The van der Waals surface area contributed by atoms with Crippen LogP contribution in [0.2, 0.25) is 0 Å². The lowest BCUT2D eigenvalue weighted by Crippen LogP contribution is -2.36. The Hall–Kier alpha value is -0.670. The molecule has 0 spiro atoms. The van der Waals surface area contributed by atoms with Crippen molar-refractivity contribution < 1.29 is 8.78 Å². The summed E-state index contributed by atoms with van der Waals surface area (Å²) < 4.78 is 26.1. The summed E-state index contributed by atoms with van der Waals surface area (Å²) in [5, 5.41) is 2.96. The zero-order chi connectivity index (χ0) is 8.55. The van der Waals surface area contributed by atoms with Gasteiger partial charge in [-0.3, -0.25) is 0 Å². The van der Waals surface area contributed by atoms with Gasteiger partial charge in [0.2, 0.25) is 0 Å². The molecule has 1 atom stereocenters. The number of nitrogens with one attached hydrogen (secondary N) is 1. The predicted molar refractivity (Wildman–Crippen MR) is 49.0 cm³/mol. The molecule has 1 aliphatic rings. The van der Waals surface area contributed by atoms with E-state index in [1.54, 1.807) is 0 Å². The molecule has 0 amide bonds. The number of halogens is 3. The molecule has 1 nitrogen and oxygen atoms in total. The van der Waals surface area contributed by atoms with Crippen LogP contribution in [0.5, 0.6) is 0 Å². The van der Waals surface area contributed by atoms with E-state index in [0.29, 0.717) is 0 Å². The Morgan fingerprint density at radius 3 is 2.15 bits per heavy atom. The lowest BCUT2D eigenvalue weighted by Gasteiger charge is -2.28. The highest BCUT2D eigenvalue weighted by molar-refractivity contribution is 5.85. The third-order valence-electron chi connectivity index (χ3n) is 2.17. The van der Waals surface area contributed by atoms with Crippen LogP contribution < -0.4 is 5.32 Å². The number of hydrogen-bond donors (Lipinski definition) is 1. The Labute approximate surface area is 81.6 Å². The first kappa shape index (κ1) is 10.4. The highest BCUT2D eigenvalue weighted by Gasteiger charge is 2.24. The van der Waals surface area contributed by atoms with E-state index in [9.17, 15) is 8.78 Å². The Bertz CT molecular complexity index is 279. The van der Waals surface area contributed by atoms with E-state index in [-0.39, 0.29) is 24.0 Å². The van der Waals surface area contributed by atoms with Gasteiger partial charge in [0.1, 0.15) is 11.6 Å². The first-order valence-electron chi connectivity index (χ1n) is 3.96. The van der Waals surface area contributed by atoms with E-state index < -0.39 is 11.6 Å². The summed E-state index contributed by atoms with van der Waals surface area (Å²) in [6.45, 7) is 0.846. The Morgan fingerprint density at radius 2 is 1.77 bits per heavy atom. The Balaban J connectivity index is 0.000000845. The Morgan fingerprint density at radius 1 is 1.23 bits per heavy atom. The van der Waals surface area contributed by atoms with Crippen molar-refractivity contribution in [2.75, 3.05) is 6.54 Å². The first-order chi connectivity index (χ1) is 5.79. The van der Waals surface area contributed by atoms with Gasteiger partial charge in [-0.25, -0.2) is 8.78 Å².